The van der Waals surface area contributed by atoms with E-state index in [4.69, 9.17) is 4.74 Å². The maximum Gasteiger partial charge on any atom is 0.271 e. The summed E-state index contributed by atoms with van der Waals surface area (Å²) in [6.07, 6.45) is 6.52. The number of aromatic nitrogens is 2. The van der Waals surface area contributed by atoms with Crippen LogP contribution in [0.5, 0.6) is 0 Å². The third-order valence-corrected chi connectivity index (χ3v) is 5.07. The van der Waals surface area contributed by atoms with Gasteiger partial charge in [0.1, 0.15) is 5.69 Å². The molecule has 0 aliphatic carbocycles. The largest absolute Gasteiger partial charge is 0.383 e. The maximum atomic E-state index is 12.4. The van der Waals surface area contributed by atoms with E-state index in [0.29, 0.717) is 24.3 Å². The summed E-state index contributed by atoms with van der Waals surface area (Å²) in [5, 5.41) is 10.9. The Balaban J connectivity index is 0.00000225. The highest BCUT2D eigenvalue weighted by atomic mass is 35.5. The minimum absolute atomic E-state index is 0. The number of hydrogen-bond acceptors (Lipinski definition) is 5. The molecule has 3 rings (SSSR count). The quantitative estimate of drug-likeness (QED) is 0.750. The normalized spacial score (nSPS) is 24.0. The standard InChI is InChI=1S/C17H29N5O2.ClH/c1-24-11-10-21-8-3-5-14(21)13-19-17(23)16-6-9-22(20-16)15-4-2-7-18-12-15;/h6,9,14-15,18H,2-5,7-8,10-13H2,1H3,(H,19,23);1H. The van der Waals surface area contributed by atoms with Gasteiger partial charge in [0.25, 0.3) is 5.91 Å². The van der Waals surface area contributed by atoms with Crippen molar-refractivity contribution in [3.63, 3.8) is 0 Å². The zero-order chi connectivity index (χ0) is 16.8. The molecule has 2 aliphatic heterocycles. The number of amides is 1. The summed E-state index contributed by atoms with van der Waals surface area (Å²) in [6.45, 7) is 5.45. The van der Waals surface area contributed by atoms with Crippen LogP contribution in [0, 0.1) is 0 Å². The van der Waals surface area contributed by atoms with Crippen molar-refractivity contribution in [2.75, 3.05) is 46.4 Å². The molecule has 2 unspecified atom stereocenters. The van der Waals surface area contributed by atoms with Crippen molar-refractivity contribution in [3.05, 3.63) is 18.0 Å². The van der Waals surface area contributed by atoms with E-state index in [1.165, 1.54) is 6.42 Å². The van der Waals surface area contributed by atoms with Crippen LogP contribution in [0.1, 0.15) is 42.2 Å². The first-order valence-electron chi connectivity index (χ1n) is 9.05. The number of carbonyl (C=O) groups is 1. The first-order chi connectivity index (χ1) is 11.8. The Kier molecular flexibility index (Phi) is 8.15. The second-order valence-corrected chi connectivity index (χ2v) is 6.72. The van der Waals surface area contributed by atoms with Gasteiger partial charge < -0.3 is 15.4 Å². The van der Waals surface area contributed by atoms with E-state index in [1.54, 1.807) is 7.11 Å². The Morgan fingerprint density at radius 2 is 2.32 bits per heavy atom. The molecule has 2 atom stereocenters. The second kappa shape index (κ2) is 10.1. The first kappa shape index (κ1) is 20.2. The van der Waals surface area contributed by atoms with E-state index in [0.717, 1.165) is 52.0 Å². The fourth-order valence-electron chi connectivity index (χ4n) is 3.65. The fourth-order valence-corrected chi connectivity index (χ4v) is 3.65. The smallest absolute Gasteiger partial charge is 0.271 e. The molecular weight excluding hydrogens is 342 g/mol. The van der Waals surface area contributed by atoms with Crippen LogP contribution in [0.15, 0.2) is 12.3 Å². The molecule has 1 aromatic heterocycles. The molecule has 2 aliphatic rings. The molecule has 25 heavy (non-hydrogen) atoms. The lowest BCUT2D eigenvalue weighted by molar-refractivity contribution is 0.0926. The summed E-state index contributed by atoms with van der Waals surface area (Å²) in [5.41, 5.74) is 0.516. The summed E-state index contributed by atoms with van der Waals surface area (Å²) in [4.78, 5) is 14.8. The third-order valence-electron chi connectivity index (χ3n) is 5.07. The molecule has 2 saturated heterocycles. The zero-order valence-corrected chi connectivity index (χ0v) is 15.8. The monoisotopic (exact) mass is 371 g/mol. The zero-order valence-electron chi connectivity index (χ0n) is 14.9. The van der Waals surface area contributed by atoms with Crippen LogP contribution in [-0.4, -0.2) is 73.1 Å². The summed E-state index contributed by atoms with van der Waals surface area (Å²) in [5.74, 6) is -0.0730. The minimum Gasteiger partial charge on any atom is -0.383 e. The summed E-state index contributed by atoms with van der Waals surface area (Å²) >= 11 is 0. The van der Waals surface area contributed by atoms with Crippen LogP contribution < -0.4 is 10.6 Å². The average Bonchev–Trinajstić information content (AvgIpc) is 3.28. The molecule has 0 bridgehead atoms. The molecular formula is C17H30ClN5O2. The van der Waals surface area contributed by atoms with Gasteiger partial charge in [0.15, 0.2) is 0 Å². The summed E-state index contributed by atoms with van der Waals surface area (Å²) < 4.78 is 7.09. The molecule has 0 saturated carbocycles. The second-order valence-electron chi connectivity index (χ2n) is 6.72. The molecule has 2 fully saturated rings. The molecule has 0 radical (unpaired) electrons. The van der Waals surface area contributed by atoms with Crippen LogP contribution in [0.2, 0.25) is 0 Å². The minimum atomic E-state index is -0.0730. The molecule has 0 spiro atoms. The van der Waals surface area contributed by atoms with Gasteiger partial charge in [-0.05, 0) is 44.8 Å². The maximum absolute atomic E-state index is 12.4. The molecule has 3 heterocycles. The van der Waals surface area contributed by atoms with E-state index in [1.807, 2.05) is 16.9 Å². The number of nitrogens with one attached hydrogen (secondary N) is 2. The molecule has 142 valence electrons. The Bertz CT molecular complexity index is 533. The van der Waals surface area contributed by atoms with Crippen molar-refractivity contribution in [1.29, 1.82) is 0 Å². The Morgan fingerprint density at radius 3 is 3.08 bits per heavy atom. The van der Waals surface area contributed by atoms with Crippen LogP contribution in [0.3, 0.4) is 0 Å². The predicted octanol–water partition coefficient (Wildman–Crippen LogP) is 1.07. The van der Waals surface area contributed by atoms with Gasteiger partial charge in [-0.2, -0.15) is 5.10 Å². The van der Waals surface area contributed by atoms with Gasteiger partial charge >= 0.3 is 0 Å². The van der Waals surface area contributed by atoms with Gasteiger partial charge in [0.05, 0.1) is 12.6 Å². The molecule has 0 aromatic carbocycles. The number of ether oxygens (including phenoxy) is 1. The topological polar surface area (TPSA) is 71.4 Å². The van der Waals surface area contributed by atoms with Crippen LogP contribution >= 0.6 is 12.4 Å². The number of carbonyl (C=O) groups excluding carboxylic acids is 1. The molecule has 7 nitrogen and oxygen atoms in total. The number of rotatable bonds is 7. The third kappa shape index (κ3) is 5.41. The van der Waals surface area contributed by atoms with Gasteiger partial charge in [-0.15, -0.1) is 12.4 Å². The van der Waals surface area contributed by atoms with Gasteiger partial charge in [0.2, 0.25) is 0 Å². The van der Waals surface area contributed by atoms with Gasteiger partial charge in [-0.25, -0.2) is 0 Å². The van der Waals surface area contributed by atoms with E-state index >= 15 is 0 Å². The predicted molar refractivity (Wildman–Crippen MR) is 99.4 cm³/mol. The number of methoxy groups -OCH3 is 1. The lowest BCUT2D eigenvalue weighted by atomic mass is 10.1. The molecule has 2 N–H and O–H groups in total. The van der Waals surface area contributed by atoms with E-state index in [2.05, 4.69) is 20.6 Å². The van der Waals surface area contributed by atoms with Crippen molar-refractivity contribution in [1.82, 2.24) is 25.3 Å². The van der Waals surface area contributed by atoms with Crippen LogP contribution in [0.25, 0.3) is 0 Å². The van der Waals surface area contributed by atoms with Crippen molar-refractivity contribution >= 4 is 18.3 Å². The van der Waals surface area contributed by atoms with Crippen molar-refractivity contribution < 1.29 is 9.53 Å². The fraction of sp³-hybridized carbons (Fsp3) is 0.765. The average molecular weight is 372 g/mol. The SMILES string of the molecule is COCCN1CCCC1CNC(=O)c1ccn(C2CCCNC2)n1.Cl. The highest BCUT2D eigenvalue weighted by Crippen LogP contribution is 2.17. The highest BCUT2D eigenvalue weighted by Gasteiger charge is 2.25. The highest BCUT2D eigenvalue weighted by molar-refractivity contribution is 5.92. The molecule has 8 heteroatoms. The lowest BCUT2D eigenvalue weighted by Crippen LogP contribution is -2.41. The van der Waals surface area contributed by atoms with Gasteiger partial charge in [-0.1, -0.05) is 0 Å². The Labute approximate surface area is 155 Å². The first-order valence-corrected chi connectivity index (χ1v) is 9.05. The summed E-state index contributed by atoms with van der Waals surface area (Å²) in [6, 6.07) is 2.59. The Morgan fingerprint density at radius 1 is 1.44 bits per heavy atom. The number of hydrogen-bond donors (Lipinski definition) is 2. The molecule has 1 amide bonds. The summed E-state index contributed by atoms with van der Waals surface area (Å²) in [7, 11) is 1.73. The number of likely N-dealkylation sites (tertiary alicyclic amines) is 1. The lowest BCUT2D eigenvalue weighted by Gasteiger charge is -2.24. The van der Waals surface area contributed by atoms with Crippen molar-refractivity contribution in [2.24, 2.45) is 0 Å². The van der Waals surface area contributed by atoms with Crippen molar-refractivity contribution in [3.8, 4) is 0 Å². The van der Waals surface area contributed by atoms with Crippen LogP contribution in [-0.2, 0) is 4.74 Å². The number of piperidine rings is 1. The Hall–Kier alpha value is -1.15. The van der Waals surface area contributed by atoms with E-state index in [9.17, 15) is 4.79 Å². The van der Waals surface area contributed by atoms with E-state index in [-0.39, 0.29) is 18.3 Å². The number of nitrogens with zero attached hydrogens (tertiary/aromatic N) is 3. The molecule has 1 aromatic rings. The van der Waals surface area contributed by atoms with E-state index < -0.39 is 0 Å². The van der Waals surface area contributed by atoms with Gasteiger partial charge in [-0.3, -0.25) is 14.4 Å². The van der Waals surface area contributed by atoms with Crippen molar-refractivity contribution in [2.45, 2.75) is 37.8 Å². The van der Waals surface area contributed by atoms with Gasteiger partial charge in [0, 0.05) is 39.0 Å². The number of halogens is 1. The van der Waals surface area contributed by atoms with Crippen LogP contribution in [0.4, 0.5) is 0 Å².